The first-order valence-electron chi connectivity index (χ1n) is 7.94. The van der Waals surface area contributed by atoms with Crippen molar-refractivity contribution in [1.82, 2.24) is 15.0 Å². The third-order valence-electron chi connectivity index (χ3n) is 3.60. The van der Waals surface area contributed by atoms with Crippen LogP contribution in [0.5, 0.6) is 11.5 Å². The summed E-state index contributed by atoms with van der Waals surface area (Å²) in [5.74, 6) is 1.28. The SMILES string of the molecule is COc1ccc(N/C(N)=N/c2nc(-c3ccncc3)cc(=O)[nH]2)c(OC)c1. The second-order valence-electron chi connectivity index (χ2n) is 5.38. The number of nitrogens with one attached hydrogen (secondary N) is 2. The number of hydrogen-bond donors (Lipinski definition) is 3. The van der Waals surface area contributed by atoms with Crippen LogP contribution in [0, 0.1) is 0 Å². The Morgan fingerprint density at radius 2 is 1.93 bits per heavy atom. The smallest absolute Gasteiger partial charge is 0.252 e. The zero-order chi connectivity index (χ0) is 19.2. The molecule has 3 aromatic rings. The van der Waals surface area contributed by atoms with Gasteiger partial charge in [-0.05, 0) is 24.3 Å². The highest BCUT2D eigenvalue weighted by atomic mass is 16.5. The van der Waals surface area contributed by atoms with Crippen LogP contribution in [0.3, 0.4) is 0 Å². The van der Waals surface area contributed by atoms with Crippen LogP contribution in [0.4, 0.5) is 11.6 Å². The number of pyridine rings is 1. The minimum Gasteiger partial charge on any atom is -0.497 e. The van der Waals surface area contributed by atoms with Crippen molar-refractivity contribution in [2.75, 3.05) is 19.5 Å². The van der Waals surface area contributed by atoms with E-state index in [0.717, 1.165) is 5.56 Å². The maximum absolute atomic E-state index is 11.9. The molecule has 4 N–H and O–H groups in total. The Kier molecular flexibility index (Phi) is 5.31. The van der Waals surface area contributed by atoms with Crippen LogP contribution in [0.15, 0.2) is 58.6 Å². The fraction of sp³-hybridized carbons (Fsp3) is 0.111. The van der Waals surface area contributed by atoms with Crippen LogP contribution < -0.4 is 26.1 Å². The summed E-state index contributed by atoms with van der Waals surface area (Å²) in [5.41, 5.74) is 7.41. The zero-order valence-corrected chi connectivity index (χ0v) is 14.8. The highest BCUT2D eigenvalue weighted by molar-refractivity contribution is 5.95. The molecule has 0 aliphatic carbocycles. The van der Waals surface area contributed by atoms with Gasteiger partial charge in [-0.1, -0.05) is 0 Å². The van der Waals surface area contributed by atoms with Crippen molar-refractivity contribution in [1.29, 1.82) is 0 Å². The van der Waals surface area contributed by atoms with Crippen LogP contribution in [0.25, 0.3) is 11.3 Å². The van der Waals surface area contributed by atoms with Crippen molar-refractivity contribution < 1.29 is 9.47 Å². The quantitative estimate of drug-likeness (QED) is 0.465. The van der Waals surface area contributed by atoms with Crippen LogP contribution in [-0.2, 0) is 0 Å². The third-order valence-corrected chi connectivity index (χ3v) is 3.60. The van der Waals surface area contributed by atoms with Gasteiger partial charge in [0.25, 0.3) is 5.56 Å². The number of aliphatic imine (C=N–C) groups is 1. The molecule has 1 aromatic carbocycles. The summed E-state index contributed by atoms with van der Waals surface area (Å²) in [7, 11) is 3.10. The van der Waals surface area contributed by atoms with Gasteiger partial charge < -0.3 is 20.5 Å². The Morgan fingerprint density at radius 3 is 2.63 bits per heavy atom. The van der Waals surface area contributed by atoms with Crippen molar-refractivity contribution in [3.8, 4) is 22.8 Å². The molecule has 138 valence electrons. The topological polar surface area (TPSA) is 128 Å². The van der Waals surface area contributed by atoms with E-state index in [2.05, 4.69) is 25.3 Å². The number of H-pyrrole nitrogens is 1. The van der Waals surface area contributed by atoms with Crippen molar-refractivity contribution in [2.24, 2.45) is 10.7 Å². The molecular formula is C18H18N6O3. The molecule has 2 aromatic heterocycles. The van der Waals surface area contributed by atoms with Crippen LogP contribution in [-0.4, -0.2) is 35.1 Å². The number of methoxy groups -OCH3 is 2. The van der Waals surface area contributed by atoms with Crippen molar-refractivity contribution in [2.45, 2.75) is 0 Å². The lowest BCUT2D eigenvalue weighted by Gasteiger charge is -2.11. The van der Waals surface area contributed by atoms with Gasteiger partial charge in [0.1, 0.15) is 11.5 Å². The minimum absolute atomic E-state index is 0.0356. The number of anilines is 1. The van der Waals surface area contributed by atoms with Gasteiger partial charge in [0.05, 0.1) is 25.6 Å². The molecule has 2 heterocycles. The largest absolute Gasteiger partial charge is 0.497 e. The van der Waals surface area contributed by atoms with Gasteiger partial charge in [-0.25, -0.2) is 4.98 Å². The number of guanidine groups is 1. The first-order valence-corrected chi connectivity index (χ1v) is 7.94. The fourth-order valence-corrected chi connectivity index (χ4v) is 2.35. The summed E-state index contributed by atoms with van der Waals surface area (Å²) < 4.78 is 10.5. The summed E-state index contributed by atoms with van der Waals surface area (Å²) >= 11 is 0. The molecule has 0 fully saturated rings. The Bertz CT molecular complexity index is 1020. The molecule has 3 rings (SSSR count). The van der Waals surface area contributed by atoms with E-state index < -0.39 is 0 Å². The molecule has 0 aliphatic rings. The molecule has 27 heavy (non-hydrogen) atoms. The number of nitrogens with two attached hydrogens (primary N) is 1. The fourth-order valence-electron chi connectivity index (χ4n) is 2.35. The van der Waals surface area contributed by atoms with Crippen LogP contribution >= 0.6 is 0 Å². The molecule has 0 bridgehead atoms. The number of aromatic amines is 1. The zero-order valence-electron chi connectivity index (χ0n) is 14.8. The highest BCUT2D eigenvalue weighted by Gasteiger charge is 2.08. The predicted molar refractivity (Wildman–Crippen MR) is 103 cm³/mol. The van der Waals surface area contributed by atoms with Gasteiger partial charge in [-0.2, -0.15) is 4.99 Å². The summed E-state index contributed by atoms with van der Waals surface area (Å²) in [5, 5.41) is 2.92. The van der Waals surface area contributed by atoms with E-state index in [1.165, 1.54) is 13.2 Å². The van der Waals surface area contributed by atoms with Crippen LogP contribution in [0.1, 0.15) is 0 Å². The lowest BCUT2D eigenvalue weighted by molar-refractivity contribution is 0.395. The van der Waals surface area contributed by atoms with Gasteiger partial charge in [-0.3, -0.25) is 14.8 Å². The van der Waals surface area contributed by atoms with E-state index in [1.54, 1.807) is 49.8 Å². The second-order valence-corrected chi connectivity index (χ2v) is 5.38. The maximum atomic E-state index is 11.9. The lowest BCUT2D eigenvalue weighted by Crippen LogP contribution is -2.23. The van der Waals surface area contributed by atoms with Crippen molar-refractivity contribution in [3.05, 3.63) is 59.1 Å². The Morgan fingerprint density at radius 1 is 1.15 bits per heavy atom. The van der Waals surface area contributed by atoms with Crippen molar-refractivity contribution >= 4 is 17.6 Å². The third kappa shape index (κ3) is 4.40. The van der Waals surface area contributed by atoms with E-state index in [0.29, 0.717) is 22.9 Å². The highest BCUT2D eigenvalue weighted by Crippen LogP contribution is 2.28. The molecule has 0 aliphatic heterocycles. The van der Waals surface area contributed by atoms with Gasteiger partial charge >= 0.3 is 0 Å². The summed E-state index contributed by atoms with van der Waals surface area (Å²) in [6, 6.07) is 10.1. The molecule has 9 heteroatoms. The normalized spacial score (nSPS) is 11.1. The molecule has 0 saturated carbocycles. The summed E-state index contributed by atoms with van der Waals surface area (Å²) in [6.45, 7) is 0. The first-order chi connectivity index (χ1) is 13.1. The molecule has 9 nitrogen and oxygen atoms in total. The standard InChI is InChI=1S/C18H18N6O3/c1-26-12-3-4-13(15(9-12)27-2)21-17(19)24-18-22-14(10-16(25)23-18)11-5-7-20-8-6-11/h3-10H,1-2H3,(H4,19,21,22,23,24,25). The molecule has 0 saturated heterocycles. The van der Waals surface area contributed by atoms with E-state index in [9.17, 15) is 4.79 Å². The lowest BCUT2D eigenvalue weighted by atomic mass is 10.2. The summed E-state index contributed by atoms with van der Waals surface area (Å²) in [6.07, 6.45) is 3.24. The van der Waals surface area contributed by atoms with E-state index in [4.69, 9.17) is 15.2 Å². The maximum Gasteiger partial charge on any atom is 0.252 e. The van der Waals surface area contributed by atoms with Gasteiger partial charge in [-0.15, -0.1) is 0 Å². The molecule has 0 atom stereocenters. The summed E-state index contributed by atoms with van der Waals surface area (Å²) in [4.78, 5) is 26.9. The van der Waals surface area contributed by atoms with Crippen molar-refractivity contribution in [3.63, 3.8) is 0 Å². The second kappa shape index (κ2) is 8.00. The monoisotopic (exact) mass is 366 g/mol. The molecule has 0 spiro atoms. The van der Waals surface area contributed by atoms with E-state index in [1.807, 2.05) is 0 Å². The minimum atomic E-state index is -0.342. The Labute approximate surface area is 154 Å². The predicted octanol–water partition coefficient (Wildman–Crippen LogP) is 1.91. The number of rotatable bonds is 5. The number of benzene rings is 1. The Hall–Kier alpha value is -3.88. The van der Waals surface area contributed by atoms with Crippen LogP contribution in [0.2, 0.25) is 0 Å². The first kappa shape index (κ1) is 17.9. The average Bonchev–Trinajstić information content (AvgIpc) is 2.68. The molecule has 0 radical (unpaired) electrons. The van der Waals surface area contributed by atoms with E-state index in [-0.39, 0.29) is 17.5 Å². The van der Waals surface area contributed by atoms with E-state index >= 15 is 0 Å². The average molecular weight is 366 g/mol. The molecule has 0 unspecified atom stereocenters. The Balaban J connectivity index is 1.89. The number of ether oxygens (including phenoxy) is 2. The van der Waals surface area contributed by atoms with Gasteiger partial charge in [0.15, 0.2) is 0 Å². The number of hydrogen-bond acceptors (Lipinski definition) is 6. The number of nitrogens with zero attached hydrogens (tertiary/aromatic N) is 3. The molecule has 0 amide bonds. The molecular weight excluding hydrogens is 348 g/mol. The van der Waals surface area contributed by atoms with Gasteiger partial charge in [0.2, 0.25) is 11.9 Å². The van der Waals surface area contributed by atoms with Gasteiger partial charge in [0, 0.05) is 30.1 Å². The number of aromatic nitrogens is 3.